The molecule has 0 bridgehead atoms. The minimum atomic E-state index is -0.188. The molecule has 3 N–H and O–H groups in total. The Hall–Kier alpha value is -5.37. The fraction of sp³-hybridized carbons (Fsp3) is 0.121. The van der Waals surface area contributed by atoms with Crippen molar-refractivity contribution in [1.29, 1.82) is 5.41 Å². The topological polar surface area (TPSA) is 98.9 Å². The van der Waals surface area contributed by atoms with Gasteiger partial charge in [-0.05, 0) is 65.7 Å². The third kappa shape index (κ3) is 4.69. The van der Waals surface area contributed by atoms with Crippen molar-refractivity contribution in [2.45, 2.75) is 13.5 Å². The van der Waals surface area contributed by atoms with Gasteiger partial charge >= 0.3 is 0 Å². The molecule has 0 aliphatic heterocycles. The highest BCUT2D eigenvalue weighted by Crippen LogP contribution is 2.31. The number of hydrogen-bond donors (Lipinski definition) is 3. The van der Waals surface area contributed by atoms with Crippen molar-refractivity contribution in [2.75, 3.05) is 19.4 Å². The third-order valence-corrected chi connectivity index (χ3v) is 7.31. The quantitative estimate of drug-likeness (QED) is 0.249. The standard InChI is InChI=1S/C33H30N6O2/c1-21(40)36-29-16-13-23(32(41)37(2)3)19-27(29)22-11-14-25(15-12-22)39-31-10-5-4-9-30(31)38(33(39)34)20-24-7-6-8-28-26(24)17-18-35-28/h4-19,34-35H,20H2,1-3H3,(H,36,40). The number of benzene rings is 4. The summed E-state index contributed by atoms with van der Waals surface area (Å²) in [6.45, 7) is 2.02. The maximum Gasteiger partial charge on any atom is 0.253 e. The first kappa shape index (κ1) is 25.9. The molecule has 0 aliphatic rings. The molecule has 6 rings (SSSR count). The average Bonchev–Trinajstić information content (AvgIpc) is 3.56. The number of anilines is 1. The first-order chi connectivity index (χ1) is 19.8. The fourth-order valence-electron chi connectivity index (χ4n) is 5.37. The van der Waals surface area contributed by atoms with Crippen LogP contribution in [-0.2, 0) is 11.3 Å². The highest BCUT2D eigenvalue weighted by molar-refractivity contribution is 5.99. The number of aromatic nitrogens is 3. The Morgan fingerprint density at radius 1 is 0.902 bits per heavy atom. The van der Waals surface area contributed by atoms with Crippen molar-refractivity contribution in [1.82, 2.24) is 19.0 Å². The molecule has 0 unspecified atom stereocenters. The van der Waals surface area contributed by atoms with E-state index in [1.807, 2.05) is 69.9 Å². The van der Waals surface area contributed by atoms with Crippen LogP contribution >= 0.6 is 0 Å². The van der Waals surface area contributed by atoms with Gasteiger partial charge in [-0.15, -0.1) is 0 Å². The van der Waals surface area contributed by atoms with Crippen LogP contribution in [0, 0.1) is 5.41 Å². The molecule has 204 valence electrons. The molecule has 0 saturated carbocycles. The van der Waals surface area contributed by atoms with E-state index in [0.29, 0.717) is 23.4 Å². The molecule has 0 aliphatic carbocycles. The van der Waals surface area contributed by atoms with E-state index in [0.717, 1.165) is 44.3 Å². The SMILES string of the molecule is CC(=O)Nc1ccc(C(=O)N(C)C)cc1-c1ccc(-n2c(=N)n(Cc3cccc4[nH]ccc34)c3ccccc32)cc1. The van der Waals surface area contributed by atoms with E-state index >= 15 is 0 Å². The second-order valence-corrected chi connectivity index (χ2v) is 10.3. The molecule has 6 aromatic rings. The Kier molecular flexibility index (Phi) is 6.51. The molecular weight excluding hydrogens is 512 g/mol. The largest absolute Gasteiger partial charge is 0.361 e. The summed E-state index contributed by atoms with van der Waals surface area (Å²) < 4.78 is 3.97. The van der Waals surface area contributed by atoms with Gasteiger partial charge in [-0.3, -0.25) is 19.6 Å². The van der Waals surface area contributed by atoms with Crippen LogP contribution in [0.15, 0.2) is 97.2 Å². The van der Waals surface area contributed by atoms with Crippen LogP contribution in [0.3, 0.4) is 0 Å². The summed E-state index contributed by atoms with van der Waals surface area (Å²) in [5.74, 6) is -0.304. The normalized spacial score (nSPS) is 11.2. The first-order valence-electron chi connectivity index (χ1n) is 13.4. The number of para-hydroxylation sites is 2. The Balaban J connectivity index is 1.43. The molecular formula is C33H30N6O2. The van der Waals surface area contributed by atoms with Crippen LogP contribution in [-0.4, -0.2) is 44.9 Å². The van der Waals surface area contributed by atoms with Gasteiger partial charge in [0.25, 0.3) is 5.91 Å². The second kappa shape index (κ2) is 10.3. The monoisotopic (exact) mass is 542 g/mol. The van der Waals surface area contributed by atoms with Crippen LogP contribution in [0.4, 0.5) is 5.69 Å². The van der Waals surface area contributed by atoms with Gasteiger partial charge in [-0.25, -0.2) is 0 Å². The number of H-pyrrole nitrogens is 1. The molecule has 0 atom stereocenters. The van der Waals surface area contributed by atoms with Crippen molar-refractivity contribution in [3.63, 3.8) is 0 Å². The number of amides is 2. The summed E-state index contributed by atoms with van der Waals surface area (Å²) in [6.07, 6.45) is 1.94. The van der Waals surface area contributed by atoms with Gasteiger partial charge in [0.15, 0.2) is 0 Å². The lowest BCUT2D eigenvalue weighted by molar-refractivity contribution is -0.114. The number of hydrogen-bond acceptors (Lipinski definition) is 3. The average molecular weight is 543 g/mol. The zero-order valence-electron chi connectivity index (χ0n) is 23.1. The fourth-order valence-corrected chi connectivity index (χ4v) is 5.37. The number of aromatic amines is 1. The van der Waals surface area contributed by atoms with Crippen molar-refractivity contribution in [2.24, 2.45) is 0 Å². The van der Waals surface area contributed by atoms with Crippen molar-refractivity contribution >= 4 is 39.4 Å². The third-order valence-electron chi connectivity index (χ3n) is 7.31. The molecule has 0 spiro atoms. The van der Waals surface area contributed by atoms with Gasteiger partial charge < -0.3 is 19.8 Å². The molecule has 4 aromatic carbocycles. The van der Waals surface area contributed by atoms with Crippen LogP contribution in [0.5, 0.6) is 0 Å². The maximum atomic E-state index is 12.7. The minimum absolute atomic E-state index is 0.116. The van der Waals surface area contributed by atoms with Crippen LogP contribution in [0.25, 0.3) is 38.8 Å². The van der Waals surface area contributed by atoms with E-state index in [1.54, 1.807) is 32.3 Å². The van der Waals surface area contributed by atoms with E-state index in [4.69, 9.17) is 0 Å². The van der Waals surface area contributed by atoms with Crippen LogP contribution in [0.2, 0.25) is 0 Å². The molecule has 8 heteroatoms. The summed E-state index contributed by atoms with van der Waals surface area (Å²) in [7, 11) is 3.42. The van der Waals surface area contributed by atoms with Gasteiger partial charge in [0.1, 0.15) is 0 Å². The number of carbonyl (C=O) groups excluding carboxylic acids is 2. The van der Waals surface area contributed by atoms with E-state index < -0.39 is 0 Å². The number of rotatable bonds is 6. The van der Waals surface area contributed by atoms with Gasteiger partial charge in [0.05, 0.1) is 17.6 Å². The van der Waals surface area contributed by atoms with E-state index in [2.05, 4.69) is 28.5 Å². The molecule has 2 heterocycles. The van der Waals surface area contributed by atoms with Gasteiger partial charge in [-0.1, -0.05) is 36.4 Å². The van der Waals surface area contributed by atoms with Gasteiger partial charge in [0.2, 0.25) is 11.5 Å². The molecule has 8 nitrogen and oxygen atoms in total. The Morgan fingerprint density at radius 3 is 2.39 bits per heavy atom. The minimum Gasteiger partial charge on any atom is -0.361 e. The molecule has 41 heavy (non-hydrogen) atoms. The van der Waals surface area contributed by atoms with Gasteiger partial charge in [-0.2, -0.15) is 0 Å². The van der Waals surface area contributed by atoms with Crippen molar-refractivity contribution in [3.05, 3.63) is 114 Å². The Labute approximate surface area is 237 Å². The summed E-state index contributed by atoms with van der Waals surface area (Å²) in [6, 6.07) is 29.4. The van der Waals surface area contributed by atoms with E-state index in [1.165, 1.54) is 11.8 Å². The number of carbonyl (C=O) groups is 2. The van der Waals surface area contributed by atoms with Crippen molar-refractivity contribution < 1.29 is 9.59 Å². The molecule has 0 radical (unpaired) electrons. The number of imidazole rings is 1. The summed E-state index contributed by atoms with van der Waals surface area (Å²) in [5, 5.41) is 13.2. The van der Waals surface area contributed by atoms with Gasteiger partial charge in [0, 0.05) is 60.6 Å². The number of nitrogens with one attached hydrogen (secondary N) is 3. The molecule has 2 aromatic heterocycles. The summed E-state index contributed by atoms with van der Waals surface area (Å²) in [4.78, 5) is 29.4. The second-order valence-electron chi connectivity index (χ2n) is 10.3. The Morgan fingerprint density at radius 2 is 1.66 bits per heavy atom. The summed E-state index contributed by atoms with van der Waals surface area (Å²) in [5.41, 5.74) is 8.08. The van der Waals surface area contributed by atoms with E-state index in [-0.39, 0.29) is 11.8 Å². The lowest BCUT2D eigenvalue weighted by atomic mass is 9.99. The highest BCUT2D eigenvalue weighted by atomic mass is 16.2. The maximum absolute atomic E-state index is 12.7. The molecule has 2 amide bonds. The predicted molar refractivity (Wildman–Crippen MR) is 162 cm³/mol. The lowest BCUT2D eigenvalue weighted by Crippen LogP contribution is -2.24. The number of nitrogens with zero attached hydrogens (tertiary/aromatic N) is 3. The Bertz CT molecular complexity index is 1990. The zero-order chi connectivity index (χ0) is 28.7. The van der Waals surface area contributed by atoms with Crippen molar-refractivity contribution in [3.8, 4) is 16.8 Å². The highest BCUT2D eigenvalue weighted by Gasteiger charge is 2.16. The smallest absolute Gasteiger partial charge is 0.253 e. The zero-order valence-corrected chi connectivity index (χ0v) is 23.1. The van der Waals surface area contributed by atoms with Crippen LogP contribution < -0.4 is 10.9 Å². The lowest BCUT2D eigenvalue weighted by Gasteiger charge is -2.15. The van der Waals surface area contributed by atoms with Crippen LogP contribution in [0.1, 0.15) is 22.8 Å². The number of fused-ring (bicyclic) bond motifs is 2. The van der Waals surface area contributed by atoms with E-state index in [9.17, 15) is 15.0 Å². The predicted octanol–water partition coefficient (Wildman–Crippen LogP) is 5.77. The molecule has 0 saturated heterocycles. The summed E-state index contributed by atoms with van der Waals surface area (Å²) >= 11 is 0. The molecule has 0 fully saturated rings. The first-order valence-corrected chi connectivity index (χ1v) is 13.4.